The highest BCUT2D eigenvalue weighted by Crippen LogP contribution is 2.30. The summed E-state index contributed by atoms with van der Waals surface area (Å²) in [5.74, 6) is -0.624. The Labute approximate surface area is 146 Å². The summed E-state index contributed by atoms with van der Waals surface area (Å²) in [4.78, 5) is 11.7. The highest BCUT2D eigenvalue weighted by molar-refractivity contribution is 6.09. The molecule has 0 aliphatic heterocycles. The van der Waals surface area contributed by atoms with Gasteiger partial charge in [-0.15, -0.1) is 0 Å². The Hall–Kier alpha value is -3.26. The van der Waals surface area contributed by atoms with Crippen molar-refractivity contribution >= 4 is 33.5 Å². The lowest BCUT2D eigenvalue weighted by molar-refractivity contribution is -0.138. The first-order chi connectivity index (χ1) is 12.2. The topological polar surface area (TPSA) is 67.1 Å². The fourth-order valence-electron chi connectivity index (χ4n) is 2.99. The molecule has 0 amide bonds. The smallest absolute Gasteiger partial charge is 0.350 e. The van der Waals surface area contributed by atoms with Gasteiger partial charge in [0.2, 0.25) is 0 Å². The van der Waals surface area contributed by atoms with Gasteiger partial charge in [0.1, 0.15) is 6.07 Å². The van der Waals surface area contributed by atoms with Crippen LogP contribution in [0.15, 0.2) is 54.2 Å². The molecule has 0 aliphatic rings. The van der Waals surface area contributed by atoms with Crippen molar-refractivity contribution in [3.63, 3.8) is 0 Å². The van der Waals surface area contributed by atoms with Crippen LogP contribution in [0.2, 0.25) is 0 Å². The molecule has 5 heteroatoms. The zero-order valence-electron chi connectivity index (χ0n) is 14.2. The van der Waals surface area contributed by atoms with Gasteiger partial charge in [-0.1, -0.05) is 18.2 Å². The van der Waals surface area contributed by atoms with Crippen molar-refractivity contribution in [2.24, 2.45) is 0 Å². The Morgan fingerprint density at radius 2 is 1.96 bits per heavy atom. The van der Waals surface area contributed by atoms with E-state index in [2.05, 4.69) is 28.9 Å². The predicted octanol–water partition coefficient (Wildman–Crippen LogP) is 4.20. The van der Waals surface area contributed by atoms with Crippen molar-refractivity contribution in [3.8, 4) is 6.07 Å². The molecule has 0 atom stereocenters. The van der Waals surface area contributed by atoms with E-state index in [1.54, 1.807) is 6.92 Å². The molecule has 3 rings (SSSR count). The molecule has 0 fully saturated rings. The summed E-state index contributed by atoms with van der Waals surface area (Å²) in [5, 5.41) is 14.4. The van der Waals surface area contributed by atoms with E-state index in [0.717, 1.165) is 23.1 Å². The summed E-state index contributed by atoms with van der Waals surface area (Å²) >= 11 is 0. The van der Waals surface area contributed by atoms with Gasteiger partial charge < -0.3 is 14.6 Å². The number of aryl methyl sites for hydroxylation is 1. The standard InChI is InChI=1S/C20H19N3O2/c1-3-23-18-8-6-5-7-16(18)17-11-15(9-10-19(17)23)22-13-14(12-21)20(24)25-4-2/h5-11,13,22H,3-4H2,1-2H3. The lowest BCUT2D eigenvalue weighted by Gasteiger charge is -2.05. The predicted molar refractivity (Wildman–Crippen MR) is 99.1 cm³/mol. The summed E-state index contributed by atoms with van der Waals surface area (Å²) in [5.41, 5.74) is 3.10. The number of carbonyl (C=O) groups excluding carboxylic acids is 1. The number of aromatic nitrogens is 1. The third-order valence-electron chi connectivity index (χ3n) is 4.09. The number of benzene rings is 2. The fourth-order valence-corrected chi connectivity index (χ4v) is 2.99. The third-order valence-corrected chi connectivity index (χ3v) is 4.09. The van der Waals surface area contributed by atoms with Gasteiger partial charge in [-0.25, -0.2) is 4.79 Å². The first-order valence-corrected chi connectivity index (χ1v) is 8.24. The monoisotopic (exact) mass is 333 g/mol. The molecule has 1 N–H and O–H groups in total. The van der Waals surface area contributed by atoms with E-state index in [9.17, 15) is 4.79 Å². The molecule has 1 aromatic heterocycles. The second-order valence-corrected chi connectivity index (χ2v) is 5.53. The zero-order valence-corrected chi connectivity index (χ0v) is 14.2. The van der Waals surface area contributed by atoms with Gasteiger partial charge in [0.25, 0.3) is 0 Å². The molecule has 126 valence electrons. The minimum Gasteiger partial charge on any atom is -0.462 e. The van der Waals surface area contributed by atoms with Crippen LogP contribution in [-0.2, 0) is 16.1 Å². The molecule has 2 aromatic carbocycles. The van der Waals surface area contributed by atoms with Gasteiger partial charge in [0, 0.05) is 40.2 Å². The van der Waals surface area contributed by atoms with Crippen LogP contribution in [0, 0.1) is 11.3 Å². The number of para-hydroxylation sites is 1. The van der Waals surface area contributed by atoms with E-state index in [-0.39, 0.29) is 12.2 Å². The van der Waals surface area contributed by atoms with Crippen LogP contribution >= 0.6 is 0 Å². The van der Waals surface area contributed by atoms with Crippen molar-refractivity contribution in [3.05, 3.63) is 54.2 Å². The normalized spacial score (nSPS) is 11.5. The SMILES string of the molecule is CCOC(=O)C(C#N)=CNc1ccc2c(c1)c1ccccc1n2CC. The molecule has 0 bridgehead atoms. The molecule has 3 aromatic rings. The zero-order chi connectivity index (χ0) is 17.8. The molecule has 0 radical (unpaired) electrons. The Morgan fingerprint density at radius 3 is 2.68 bits per heavy atom. The second kappa shape index (κ2) is 7.10. The third kappa shape index (κ3) is 3.07. The second-order valence-electron chi connectivity index (χ2n) is 5.53. The van der Waals surface area contributed by atoms with Crippen molar-refractivity contribution < 1.29 is 9.53 Å². The number of nitriles is 1. The van der Waals surface area contributed by atoms with Crippen molar-refractivity contribution in [2.75, 3.05) is 11.9 Å². The molecular weight excluding hydrogens is 314 g/mol. The van der Waals surface area contributed by atoms with E-state index in [1.807, 2.05) is 36.4 Å². The van der Waals surface area contributed by atoms with Crippen molar-refractivity contribution in [1.82, 2.24) is 4.57 Å². The van der Waals surface area contributed by atoms with Gasteiger partial charge in [-0.2, -0.15) is 5.26 Å². The molecule has 5 nitrogen and oxygen atoms in total. The van der Waals surface area contributed by atoms with E-state index >= 15 is 0 Å². The molecular formula is C20H19N3O2. The number of hydrogen-bond donors (Lipinski definition) is 1. The summed E-state index contributed by atoms with van der Waals surface area (Å²) in [6, 6.07) is 16.1. The molecule has 0 spiro atoms. The van der Waals surface area contributed by atoms with Gasteiger partial charge in [-0.05, 0) is 38.1 Å². The van der Waals surface area contributed by atoms with E-state index in [0.29, 0.717) is 0 Å². The largest absolute Gasteiger partial charge is 0.462 e. The van der Waals surface area contributed by atoms with Crippen LogP contribution in [0.1, 0.15) is 13.8 Å². The van der Waals surface area contributed by atoms with E-state index < -0.39 is 5.97 Å². The summed E-state index contributed by atoms with van der Waals surface area (Å²) < 4.78 is 7.12. The number of anilines is 1. The van der Waals surface area contributed by atoms with Gasteiger partial charge in [0.05, 0.1) is 6.61 Å². The summed E-state index contributed by atoms with van der Waals surface area (Å²) in [7, 11) is 0. The van der Waals surface area contributed by atoms with Crippen LogP contribution in [-0.4, -0.2) is 17.1 Å². The Bertz CT molecular complexity index is 1010. The average Bonchev–Trinajstić information content (AvgIpc) is 2.95. The van der Waals surface area contributed by atoms with Crippen molar-refractivity contribution in [2.45, 2.75) is 20.4 Å². The maximum absolute atomic E-state index is 11.7. The molecule has 25 heavy (non-hydrogen) atoms. The van der Waals surface area contributed by atoms with Crippen molar-refractivity contribution in [1.29, 1.82) is 5.26 Å². The average molecular weight is 333 g/mol. The summed E-state index contributed by atoms with van der Waals surface area (Å²) in [6.07, 6.45) is 1.39. The maximum atomic E-state index is 11.7. The summed E-state index contributed by atoms with van der Waals surface area (Å²) in [6.45, 7) is 4.95. The molecule has 1 heterocycles. The number of nitrogens with zero attached hydrogens (tertiary/aromatic N) is 2. The van der Waals surface area contributed by atoms with Crippen LogP contribution in [0.5, 0.6) is 0 Å². The molecule has 0 saturated heterocycles. The van der Waals surface area contributed by atoms with Gasteiger partial charge >= 0.3 is 5.97 Å². The highest BCUT2D eigenvalue weighted by Gasteiger charge is 2.11. The minimum atomic E-state index is -0.624. The quantitative estimate of drug-likeness (QED) is 0.432. The van der Waals surface area contributed by atoms with Crippen LogP contribution in [0.25, 0.3) is 21.8 Å². The van der Waals surface area contributed by atoms with Gasteiger partial charge in [0.15, 0.2) is 5.57 Å². The Morgan fingerprint density at radius 1 is 1.20 bits per heavy atom. The number of fused-ring (bicyclic) bond motifs is 3. The van der Waals surface area contributed by atoms with E-state index in [4.69, 9.17) is 10.00 Å². The number of rotatable bonds is 5. The number of esters is 1. The lowest BCUT2D eigenvalue weighted by Crippen LogP contribution is -2.07. The first kappa shape index (κ1) is 16.6. The maximum Gasteiger partial charge on any atom is 0.350 e. The van der Waals surface area contributed by atoms with Crippen LogP contribution in [0.3, 0.4) is 0 Å². The number of carbonyl (C=O) groups is 1. The van der Waals surface area contributed by atoms with Crippen LogP contribution < -0.4 is 5.32 Å². The van der Waals surface area contributed by atoms with E-state index in [1.165, 1.54) is 17.1 Å². The first-order valence-electron chi connectivity index (χ1n) is 8.24. The highest BCUT2D eigenvalue weighted by atomic mass is 16.5. The molecule has 0 saturated carbocycles. The lowest BCUT2D eigenvalue weighted by atomic mass is 10.1. The Kier molecular flexibility index (Phi) is 4.71. The fraction of sp³-hybridized carbons (Fsp3) is 0.200. The molecule has 0 aliphatic carbocycles. The Balaban J connectivity index is 2.01. The number of ether oxygens (including phenoxy) is 1. The number of hydrogen-bond acceptors (Lipinski definition) is 4. The molecule has 0 unspecified atom stereocenters. The van der Waals surface area contributed by atoms with Gasteiger partial charge in [-0.3, -0.25) is 0 Å². The minimum absolute atomic E-state index is 0.0575. The number of nitrogens with one attached hydrogen (secondary N) is 1. The van der Waals surface area contributed by atoms with Crippen LogP contribution in [0.4, 0.5) is 5.69 Å².